The SMILES string of the molecule is CC(C)Cc1nnc(C2CCCN(C(=O)c3ccc(Cl)cc3)C2)s1. The normalized spacial score (nSPS) is 18.2. The van der Waals surface area contributed by atoms with Gasteiger partial charge in [-0.25, -0.2) is 0 Å². The third-order valence-electron chi connectivity index (χ3n) is 4.21. The zero-order chi connectivity index (χ0) is 17.1. The first kappa shape index (κ1) is 17.4. The number of piperidine rings is 1. The maximum absolute atomic E-state index is 12.7. The van der Waals surface area contributed by atoms with Crippen molar-refractivity contribution in [3.05, 3.63) is 44.9 Å². The first-order chi connectivity index (χ1) is 11.5. The molecule has 4 nitrogen and oxygen atoms in total. The lowest BCUT2D eigenvalue weighted by molar-refractivity contribution is 0.0707. The fourth-order valence-corrected chi connectivity index (χ4v) is 4.31. The molecule has 1 aromatic carbocycles. The van der Waals surface area contributed by atoms with Crippen LogP contribution < -0.4 is 0 Å². The van der Waals surface area contributed by atoms with Crippen LogP contribution in [0.1, 0.15) is 53.0 Å². The molecule has 2 heterocycles. The van der Waals surface area contributed by atoms with Crippen molar-refractivity contribution in [2.45, 2.75) is 39.0 Å². The van der Waals surface area contributed by atoms with Gasteiger partial charge < -0.3 is 4.90 Å². The number of nitrogens with zero attached hydrogens (tertiary/aromatic N) is 3. The average Bonchev–Trinajstić information content (AvgIpc) is 3.03. The standard InChI is InChI=1S/C18H22ClN3OS/c1-12(2)10-16-20-21-17(24-16)14-4-3-9-22(11-14)18(23)13-5-7-15(19)8-6-13/h5-8,12,14H,3-4,9-11H2,1-2H3. The van der Waals surface area contributed by atoms with E-state index in [1.54, 1.807) is 35.6 Å². The number of likely N-dealkylation sites (tertiary alicyclic amines) is 1. The summed E-state index contributed by atoms with van der Waals surface area (Å²) in [6.07, 6.45) is 3.04. The molecule has 2 aromatic rings. The third kappa shape index (κ3) is 4.14. The van der Waals surface area contributed by atoms with Gasteiger partial charge in [-0.1, -0.05) is 25.4 Å². The van der Waals surface area contributed by atoms with Crippen LogP contribution in [0.15, 0.2) is 24.3 Å². The molecule has 24 heavy (non-hydrogen) atoms. The highest BCUT2D eigenvalue weighted by Gasteiger charge is 2.27. The van der Waals surface area contributed by atoms with Gasteiger partial charge in [0.2, 0.25) is 0 Å². The topological polar surface area (TPSA) is 46.1 Å². The van der Waals surface area contributed by atoms with E-state index in [1.165, 1.54) is 0 Å². The van der Waals surface area contributed by atoms with Gasteiger partial charge in [-0.15, -0.1) is 21.5 Å². The molecule has 0 bridgehead atoms. The van der Waals surface area contributed by atoms with Gasteiger partial charge in [-0.3, -0.25) is 4.79 Å². The maximum Gasteiger partial charge on any atom is 0.253 e. The number of aromatic nitrogens is 2. The van der Waals surface area contributed by atoms with Gasteiger partial charge in [0.15, 0.2) is 0 Å². The van der Waals surface area contributed by atoms with Crippen LogP contribution in [0.5, 0.6) is 0 Å². The Morgan fingerprint density at radius 3 is 2.79 bits per heavy atom. The van der Waals surface area contributed by atoms with Gasteiger partial charge in [0.25, 0.3) is 5.91 Å². The second kappa shape index (κ2) is 7.62. The molecule has 1 fully saturated rings. The highest BCUT2D eigenvalue weighted by molar-refractivity contribution is 7.11. The zero-order valence-corrected chi connectivity index (χ0v) is 15.6. The second-order valence-electron chi connectivity index (χ2n) is 6.73. The predicted octanol–water partition coefficient (Wildman–Crippen LogP) is 4.41. The van der Waals surface area contributed by atoms with E-state index in [0.717, 1.165) is 42.4 Å². The van der Waals surface area contributed by atoms with Crippen LogP contribution in [0, 0.1) is 5.92 Å². The molecule has 0 spiro atoms. The Labute approximate surface area is 151 Å². The van der Waals surface area contributed by atoms with Crippen molar-refractivity contribution in [2.75, 3.05) is 13.1 Å². The van der Waals surface area contributed by atoms with Crippen molar-refractivity contribution >= 4 is 28.8 Å². The maximum atomic E-state index is 12.7. The van der Waals surface area contributed by atoms with Gasteiger partial charge in [0.1, 0.15) is 10.0 Å². The van der Waals surface area contributed by atoms with Crippen LogP contribution in [0.3, 0.4) is 0 Å². The zero-order valence-electron chi connectivity index (χ0n) is 14.0. The first-order valence-corrected chi connectivity index (χ1v) is 9.59. The molecule has 3 rings (SSSR count). The van der Waals surface area contributed by atoms with Crippen molar-refractivity contribution in [3.63, 3.8) is 0 Å². The van der Waals surface area contributed by atoms with E-state index in [1.807, 2.05) is 4.90 Å². The summed E-state index contributed by atoms with van der Waals surface area (Å²) in [6, 6.07) is 7.11. The van der Waals surface area contributed by atoms with Crippen LogP contribution in [-0.2, 0) is 6.42 Å². The minimum Gasteiger partial charge on any atom is -0.338 e. The lowest BCUT2D eigenvalue weighted by Gasteiger charge is -2.31. The monoisotopic (exact) mass is 363 g/mol. The predicted molar refractivity (Wildman–Crippen MR) is 97.8 cm³/mol. The lowest BCUT2D eigenvalue weighted by Crippen LogP contribution is -2.39. The quantitative estimate of drug-likeness (QED) is 0.808. The van der Waals surface area contributed by atoms with E-state index < -0.39 is 0 Å². The van der Waals surface area contributed by atoms with E-state index in [9.17, 15) is 4.79 Å². The number of carbonyl (C=O) groups excluding carboxylic acids is 1. The van der Waals surface area contributed by atoms with Crippen LogP contribution in [0.25, 0.3) is 0 Å². The first-order valence-electron chi connectivity index (χ1n) is 8.40. The van der Waals surface area contributed by atoms with E-state index >= 15 is 0 Å². The fourth-order valence-electron chi connectivity index (χ4n) is 3.00. The third-order valence-corrected chi connectivity index (χ3v) is 5.57. The molecule has 1 amide bonds. The summed E-state index contributed by atoms with van der Waals surface area (Å²) in [5.74, 6) is 0.955. The van der Waals surface area contributed by atoms with Gasteiger partial charge in [-0.05, 0) is 43.0 Å². The van der Waals surface area contributed by atoms with E-state index in [-0.39, 0.29) is 5.91 Å². The molecule has 1 aliphatic heterocycles. The molecule has 1 saturated heterocycles. The van der Waals surface area contributed by atoms with Crippen LogP contribution in [-0.4, -0.2) is 34.1 Å². The van der Waals surface area contributed by atoms with Gasteiger partial charge >= 0.3 is 0 Å². The number of carbonyl (C=O) groups is 1. The number of hydrogen-bond donors (Lipinski definition) is 0. The second-order valence-corrected chi connectivity index (χ2v) is 8.26. The Kier molecular flexibility index (Phi) is 5.51. The van der Waals surface area contributed by atoms with Crippen LogP contribution >= 0.6 is 22.9 Å². The number of rotatable bonds is 4. The Hall–Kier alpha value is -1.46. The molecule has 1 unspecified atom stereocenters. The summed E-state index contributed by atoms with van der Waals surface area (Å²) in [4.78, 5) is 14.6. The largest absolute Gasteiger partial charge is 0.338 e. The minimum absolute atomic E-state index is 0.0725. The molecule has 0 aliphatic carbocycles. The Balaban J connectivity index is 1.68. The fraction of sp³-hybridized carbons (Fsp3) is 0.500. The summed E-state index contributed by atoms with van der Waals surface area (Å²) >= 11 is 7.61. The molecular weight excluding hydrogens is 342 g/mol. The van der Waals surface area contributed by atoms with E-state index in [2.05, 4.69) is 24.0 Å². The summed E-state index contributed by atoms with van der Waals surface area (Å²) in [5, 5.41) is 11.5. The smallest absolute Gasteiger partial charge is 0.253 e. The highest BCUT2D eigenvalue weighted by atomic mass is 35.5. The van der Waals surface area contributed by atoms with Crippen molar-refractivity contribution in [1.82, 2.24) is 15.1 Å². The van der Waals surface area contributed by atoms with Crippen molar-refractivity contribution < 1.29 is 4.79 Å². The minimum atomic E-state index is 0.0725. The van der Waals surface area contributed by atoms with Crippen molar-refractivity contribution in [2.24, 2.45) is 5.92 Å². The molecule has 0 N–H and O–H groups in total. The van der Waals surface area contributed by atoms with Gasteiger partial charge in [-0.2, -0.15) is 0 Å². The lowest BCUT2D eigenvalue weighted by atomic mass is 9.98. The average molecular weight is 364 g/mol. The Bertz CT molecular complexity index is 699. The van der Waals surface area contributed by atoms with E-state index in [0.29, 0.717) is 22.4 Å². The van der Waals surface area contributed by atoms with E-state index in [4.69, 9.17) is 11.6 Å². The Morgan fingerprint density at radius 1 is 1.33 bits per heavy atom. The summed E-state index contributed by atoms with van der Waals surface area (Å²) in [5.41, 5.74) is 0.692. The van der Waals surface area contributed by atoms with Gasteiger partial charge in [0.05, 0.1) is 0 Å². The molecule has 6 heteroatoms. The summed E-state index contributed by atoms with van der Waals surface area (Å²) in [6.45, 7) is 5.90. The molecular formula is C18H22ClN3OS. The molecule has 1 atom stereocenters. The van der Waals surface area contributed by atoms with Crippen LogP contribution in [0.2, 0.25) is 5.02 Å². The molecule has 1 aromatic heterocycles. The molecule has 1 aliphatic rings. The van der Waals surface area contributed by atoms with Crippen LogP contribution in [0.4, 0.5) is 0 Å². The van der Waals surface area contributed by atoms with Crippen molar-refractivity contribution in [1.29, 1.82) is 0 Å². The van der Waals surface area contributed by atoms with Crippen molar-refractivity contribution in [3.8, 4) is 0 Å². The number of amides is 1. The Morgan fingerprint density at radius 2 is 2.08 bits per heavy atom. The number of halogens is 1. The molecule has 0 radical (unpaired) electrons. The van der Waals surface area contributed by atoms with Gasteiger partial charge in [0, 0.05) is 36.0 Å². The molecule has 128 valence electrons. The number of hydrogen-bond acceptors (Lipinski definition) is 4. The summed E-state index contributed by atoms with van der Waals surface area (Å²) < 4.78 is 0. The number of benzene rings is 1. The summed E-state index contributed by atoms with van der Waals surface area (Å²) in [7, 11) is 0. The molecule has 0 saturated carbocycles. The highest BCUT2D eigenvalue weighted by Crippen LogP contribution is 2.30.